The number of methoxy groups -OCH3 is 1. The van der Waals surface area contributed by atoms with E-state index in [-0.39, 0.29) is 6.61 Å². The van der Waals surface area contributed by atoms with Gasteiger partial charge in [0.25, 0.3) is 0 Å². The van der Waals surface area contributed by atoms with Crippen molar-refractivity contribution in [1.82, 2.24) is 0 Å². The summed E-state index contributed by atoms with van der Waals surface area (Å²) in [7, 11) is 1.28. The summed E-state index contributed by atoms with van der Waals surface area (Å²) in [6.07, 6.45) is 0. The van der Waals surface area contributed by atoms with E-state index in [1.165, 1.54) is 7.11 Å². The highest BCUT2D eigenvalue weighted by Crippen LogP contribution is 2.20. The zero-order valence-corrected chi connectivity index (χ0v) is 8.30. The molecule has 1 atom stereocenters. The molecule has 0 saturated carbocycles. The van der Waals surface area contributed by atoms with Crippen LogP contribution in [0.1, 0.15) is 11.5 Å². The quantitative estimate of drug-likeness (QED) is 0.600. The summed E-state index contributed by atoms with van der Waals surface area (Å²) in [6, 6.07) is 6.50. The Bertz CT molecular complexity index is 378. The van der Waals surface area contributed by atoms with Gasteiger partial charge in [-0.2, -0.15) is 0 Å². The minimum Gasteiger partial charge on any atom is -0.468 e. The van der Waals surface area contributed by atoms with Crippen LogP contribution >= 0.6 is 0 Å². The topological polar surface area (TPSA) is 50.9 Å². The highest BCUT2D eigenvalue weighted by atomic mass is 16.5. The molecule has 0 heterocycles. The first kappa shape index (κ1) is 11.2. The normalized spacial score (nSPS) is 11.5. The number of ether oxygens (including phenoxy) is 1. The summed E-state index contributed by atoms with van der Waals surface area (Å²) in [5.41, 5.74) is 1.15. The zero-order chi connectivity index (χ0) is 11.3. The smallest absolute Gasteiger partial charge is 0.315 e. The number of carbonyl (C=O) groups excluding carboxylic acids is 1. The van der Waals surface area contributed by atoms with E-state index in [0.29, 0.717) is 11.3 Å². The first-order valence-corrected chi connectivity index (χ1v) is 4.39. The van der Waals surface area contributed by atoms with Crippen molar-refractivity contribution >= 4 is 11.7 Å². The van der Waals surface area contributed by atoms with Crippen LogP contribution in [-0.2, 0) is 9.53 Å². The molecule has 0 amide bonds. The number of carbonyl (C=O) groups is 1. The third-order valence-corrected chi connectivity index (χ3v) is 2.09. The van der Waals surface area contributed by atoms with Crippen molar-refractivity contribution in [2.24, 2.45) is 0 Å². The van der Waals surface area contributed by atoms with Crippen molar-refractivity contribution in [3.05, 3.63) is 41.2 Å². The molecule has 0 fully saturated rings. The lowest BCUT2D eigenvalue weighted by Gasteiger charge is -2.11. The monoisotopic (exact) mass is 205 g/mol. The van der Waals surface area contributed by atoms with Gasteiger partial charge < -0.3 is 9.84 Å². The fourth-order valence-electron chi connectivity index (χ4n) is 1.24. The highest BCUT2D eigenvalue weighted by molar-refractivity contribution is 5.78. The summed E-state index contributed by atoms with van der Waals surface area (Å²) >= 11 is 0. The van der Waals surface area contributed by atoms with Crippen molar-refractivity contribution in [3.8, 4) is 0 Å². The van der Waals surface area contributed by atoms with Crippen molar-refractivity contribution in [3.63, 3.8) is 0 Å². The van der Waals surface area contributed by atoms with Gasteiger partial charge in [-0.1, -0.05) is 24.3 Å². The predicted molar refractivity (Wildman–Crippen MR) is 54.5 cm³/mol. The summed E-state index contributed by atoms with van der Waals surface area (Å²) in [5.74, 6) is -1.15. The van der Waals surface area contributed by atoms with Crippen LogP contribution in [-0.4, -0.2) is 24.8 Å². The molecular formula is C11H11NO3. The first-order chi connectivity index (χ1) is 7.22. The molecule has 1 unspecified atom stereocenters. The number of aliphatic hydroxyl groups excluding tert-OH is 1. The van der Waals surface area contributed by atoms with Gasteiger partial charge in [0.1, 0.15) is 5.92 Å². The average Bonchev–Trinajstić information content (AvgIpc) is 2.30. The van der Waals surface area contributed by atoms with Gasteiger partial charge in [-0.15, -0.1) is 0 Å². The second kappa shape index (κ2) is 5.13. The third-order valence-electron chi connectivity index (χ3n) is 2.09. The van der Waals surface area contributed by atoms with Crippen LogP contribution in [0.15, 0.2) is 24.3 Å². The van der Waals surface area contributed by atoms with Crippen molar-refractivity contribution in [2.45, 2.75) is 5.92 Å². The van der Waals surface area contributed by atoms with Crippen molar-refractivity contribution < 1.29 is 14.6 Å². The number of rotatable bonds is 3. The molecule has 78 valence electrons. The van der Waals surface area contributed by atoms with Crippen LogP contribution < -0.4 is 0 Å². The van der Waals surface area contributed by atoms with Gasteiger partial charge in [0.05, 0.1) is 20.3 Å². The van der Waals surface area contributed by atoms with E-state index < -0.39 is 11.9 Å². The van der Waals surface area contributed by atoms with Crippen LogP contribution in [0.25, 0.3) is 4.85 Å². The molecule has 1 aromatic rings. The van der Waals surface area contributed by atoms with E-state index in [0.717, 1.165) is 0 Å². The predicted octanol–water partition coefficient (Wildman–Crippen LogP) is 1.49. The van der Waals surface area contributed by atoms with E-state index in [4.69, 9.17) is 11.7 Å². The van der Waals surface area contributed by atoms with Gasteiger partial charge in [0.2, 0.25) is 0 Å². The molecule has 1 rings (SSSR count). The Hall–Kier alpha value is -1.86. The molecule has 4 heteroatoms. The SMILES string of the molecule is [C-]#[N+]c1ccc(C(CO)C(=O)OC)cc1. The number of nitrogens with zero attached hydrogens (tertiary/aromatic N) is 1. The standard InChI is InChI=1S/C11H11NO3/c1-12-9-5-3-8(4-6-9)10(7-13)11(14)15-2/h3-6,10,13H,7H2,2H3. The average molecular weight is 205 g/mol. The summed E-state index contributed by atoms with van der Waals surface area (Å²) in [6.45, 7) is 6.47. The Kier molecular flexibility index (Phi) is 3.83. The Balaban J connectivity index is 2.94. The molecule has 0 radical (unpaired) electrons. The van der Waals surface area contributed by atoms with E-state index in [1.807, 2.05) is 0 Å². The molecule has 4 nitrogen and oxygen atoms in total. The van der Waals surface area contributed by atoms with E-state index in [9.17, 15) is 4.79 Å². The van der Waals surface area contributed by atoms with Crippen LogP contribution in [0, 0.1) is 6.57 Å². The van der Waals surface area contributed by atoms with Gasteiger partial charge >= 0.3 is 5.97 Å². The lowest BCUT2D eigenvalue weighted by molar-refractivity contribution is -0.143. The highest BCUT2D eigenvalue weighted by Gasteiger charge is 2.19. The van der Waals surface area contributed by atoms with Gasteiger partial charge in [-0.05, 0) is 5.56 Å². The van der Waals surface area contributed by atoms with E-state index in [1.54, 1.807) is 24.3 Å². The van der Waals surface area contributed by atoms with Crippen LogP contribution in [0.4, 0.5) is 5.69 Å². The Morgan fingerprint density at radius 3 is 2.53 bits per heavy atom. The molecule has 1 N–H and O–H groups in total. The molecule has 0 aromatic heterocycles. The maximum atomic E-state index is 11.3. The number of esters is 1. The fourth-order valence-corrected chi connectivity index (χ4v) is 1.24. The molecule has 0 aliphatic rings. The Morgan fingerprint density at radius 2 is 2.13 bits per heavy atom. The molecule has 1 aromatic carbocycles. The maximum absolute atomic E-state index is 11.3. The zero-order valence-electron chi connectivity index (χ0n) is 8.30. The molecule has 0 saturated heterocycles. The summed E-state index contributed by atoms with van der Waals surface area (Å²) in [5, 5.41) is 9.05. The Morgan fingerprint density at radius 1 is 1.53 bits per heavy atom. The molecule has 0 aliphatic carbocycles. The second-order valence-corrected chi connectivity index (χ2v) is 2.96. The molecule has 0 bridgehead atoms. The number of hydrogen-bond donors (Lipinski definition) is 1. The number of aliphatic hydroxyl groups is 1. The van der Waals surface area contributed by atoms with Crippen LogP contribution in [0.3, 0.4) is 0 Å². The lowest BCUT2D eigenvalue weighted by atomic mass is 10.00. The minimum absolute atomic E-state index is 0.302. The maximum Gasteiger partial charge on any atom is 0.315 e. The third kappa shape index (κ3) is 2.55. The first-order valence-electron chi connectivity index (χ1n) is 4.39. The second-order valence-electron chi connectivity index (χ2n) is 2.96. The molecule has 15 heavy (non-hydrogen) atoms. The minimum atomic E-state index is -0.671. The van der Waals surface area contributed by atoms with Gasteiger partial charge in [-0.25, -0.2) is 4.85 Å². The van der Waals surface area contributed by atoms with Crippen molar-refractivity contribution in [2.75, 3.05) is 13.7 Å². The van der Waals surface area contributed by atoms with Crippen molar-refractivity contribution in [1.29, 1.82) is 0 Å². The summed E-state index contributed by atoms with van der Waals surface area (Å²) in [4.78, 5) is 14.5. The largest absolute Gasteiger partial charge is 0.468 e. The van der Waals surface area contributed by atoms with E-state index in [2.05, 4.69) is 9.58 Å². The number of benzene rings is 1. The van der Waals surface area contributed by atoms with Gasteiger partial charge in [0, 0.05) is 0 Å². The van der Waals surface area contributed by atoms with Crippen LogP contribution in [0.5, 0.6) is 0 Å². The lowest BCUT2D eigenvalue weighted by Crippen LogP contribution is -2.17. The molecular weight excluding hydrogens is 194 g/mol. The molecule has 0 aliphatic heterocycles. The fraction of sp³-hybridized carbons (Fsp3) is 0.273. The number of hydrogen-bond acceptors (Lipinski definition) is 3. The van der Waals surface area contributed by atoms with Crippen LogP contribution in [0.2, 0.25) is 0 Å². The van der Waals surface area contributed by atoms with Gasteiger partial charge in [-0.3, -0.25) is 4.79 Å². The Labute approximate surface area is 87.9 Å². The summed E-state index contributed by atoms with van der Waals surface area (Å²) < 4.78 is 4.55. The van der Waals surface area contributed by atoms with Gasteiger partial charge in [0.15, 0.2) is 5.69 Å². The molecule has 0 spiro atoms. The van der Waals surface area contributed by atoms with E-state index >= 15 is 0 Å².